The summed E-state index contributed by atoms with van der Waals surface area (Å²) in [6.07, 6.45) is 3.91. The standard InChI is InChI=1S/C17H14F2N4O2.CH2F2/c1-10-9-25-14-6-11(18)12(7-13(14)21(10)2)23-16(24)8-15(19)22-5-3-4-20-17(22)23;2-1-3/h3-4,6-8H,1,5,9H2,2H3;1H2. The Kier molecular flexibility index (Phi) is 5.39. The number of guanidine groups is 1. The molecule has 0 atom stereocenters. The van der Waals surface area contributed by atoms with Gasteiger partial charge in [0.15, 0.2) is 5.82 Å². The summed E-state index contributed by atoms with van der Waals surface area (Å²) in [5.74, 6) is -1.73. The van der Waals surface area contributed by atoms with Crippen LogP contribution >= 0.6 is 0 Å². The van der Waals surface area contributed by atoms with E-state index in [2.05, 4.69) is 11.6 Å². The summed E-state index contributed by atoms with van der Waals surface area (Å²) in [5.41, 5.74) is 1.23. The van der Waals surface area contributed by atoms with E-state index in [4.69, 9.17) is 4.74 Å². The highest BCUT2D eigenvalue weighted by molar-refractivity contribution is 6.22. The molecule has 0 fully saturated rings. The lowest BCUT2D eigenvalue weighted by molar-refractivity contribution is -0.113. The molecule has 3 aliphatic heterocycles. The number of carbonyl (C=O) groups is 1. The van der Waals surface area contributed by atoms with Gasteiger partial charge in [-0.15, -0.1) is 0 Å². The van der Waals surface area contributed by atoms with Crippen molar-refractivity contribution < 1.29 is 27.1 Å². The lowest BCUT2D eigenvalue weighted by Crippen LogP contribution is -2.51. The zero-order chi connectivity index (χ0) is 20.4. The molecule has 1 amide bonds. The van der Waals surface area contributed by atoms with Crippen molar-refractivity contribution in [1.29, 1.82) is 0 Å². The van der Waals surface area contributed by atoms with Crippen molar-refractivity contribution in [2.45, 2.75) is 0 Å². The van der Waals surface area contributed by atoms with Crippen molar-refractivity contribution in [2.24, 2.45) is 4.99 Å². The number of hydrogen-bond acceptors (Lipinski definition) is 5. The fraction of sp³-hybridized carbons (Fsp3) is 0.222. The lowest BCUT2D eigenvalue weighted by Gasteiger charge is -2.36. The highest BCUT2D eigenvalue weighted by atomic mass is 19.3. The zero-order valence-corrected chi connectivity index (χ0v) is 14.8. The van der Waals surface area contributed by atoms with E-state index in [9.17, 15) is 22.4 Å². The van der Waals surface area contributed by atoms with E-state index >= 15 is 0 Å². The molecule has 0 aliphatic carbocycles. The highest BCUT2D eigenvalue weighted by Crippen LogP contribution is 2.40. The van der Waals surface area contributed by atoms with Gasteiger partial charge in [0.1, 0.15) is 12.4 Å². The number of fused-ring (bicyclic) bond motifs is 2. The van der Waals surface area contributed by atoms with Crippen molar-refractivity contribution in [2.75, 3.05) is 36.9 Å². The van der Waals surface area contributed by atoms with Crippen LogP contribution in [0.5, 0.6) is 5.75 Å². The molecule has 0 radical (unpaired) electrons. The minimum atomic E-state index is -1.75. The van der Waals surface area contributed by atoms with E-state index in [0.29, 0.717) is 17.1 Å². The van der Waals surface area contributed by atoms with Crippen LogP contribution < -0.4 is 14.5 Å². The number of halogens is 4. The highest BCUT2D eigenvalue weighted by Gasteiger charge is 2.36. The Morgan fingerprint density at radius 2 is 1.96 bits per heavy atom. The van der Waals surface area contributed by atoms with Gasteiger partial charge in [-0.05, 0) is 12.1 Å². The number of aliphatic imine (C=N–C) groups is 1. The molecule has 0 saturated carbocycles. The Bertz CT molecular complexity index is 913. The third-order valence-corrected chi connectivity index (χ3v) is 4.24. The van der Waals surface area contributed by atoms with Gasteiger partial charge in [0.05, 0.1) is 17.5 Å². The number of alkyl halides is 2. The molecule has 1 aromatic rings. The Balaban J connectivity index is 0.000000706. The topological polar surface area (TPSA) is 48.4 Å². The van der Waals surface area contributed by atoms with Gasteiger partial charge in [-0.2, -0.15) is 4.39 Å². The van der Waals surface area contributed by atoms with Gasteiger partial charge in [-0.3, -0.25) is 9.69 Å². The van der Waals surface area contributed by atoms with E-state index in [0.717, 1.165) is 11.0 Å². The van der Waals surface area contributed by atoms with Crippen LogP contribution in [-0.2, 0) is 4.79 Å². The van der Waals surface area contributed by atoms with Gasteiger partial charge in [0.2, 0.25) is 18.8 Å². The molecule has 0 aromatic heterocycles. The van der Waals surface area contributed by atoms with Crippen LogP contribution in [0, 0.1) is 5.82 Å². The second-order valence-corrected chi connectivity index (χ2v) is 5.85. The number of amides is 1. The number of nitrogens with zero attached hydrogens (tertiary/aromatic N) is 4. The molecule has 0 N–H and O–H groups in total. The Hall–Kier alpha value is -3.30. The average molecular weight is 396 g/mol. The molecule has 0 bridgehead atoms. The molecule has 0 unspecified atom stereocenters. The number of likely N-dealkylation sites (N-methyl/N-ethyl adjacent to an activating group) is 1. The maximum atomic E-state index is 14.7. The molecule has 1 aromatic carbocycles. The van der Waals surface area contributed by atoms with Gasteiger partial charge in [-0.1, -0.05) is 6.58 Å². The van der Waals surface area contributed by atoms with E-state index < -0.39 is 24.6 Å². The number of carbonyl (C=O) groups excluding carboxylic acids is 1. The number of hydrogen-bond donors (Lipinski definition) is 0. The molecule has 3 heterocycles. The number of ether oxygens (including phenoxy) is 1. The van der Waals surface area contributed by atoms with Crippen LogP contribution in [0.2, 0.25) is 0 Å². The molecule has 10 heteroatoms. The normalized spacial score (nSPS) is 17.8. The van der Waals surface area contributed by atoms with Gasteiger partial charge >= 0.3 is 0 Å². The lowest BCUT2D eigenvalue weighted by atomic mass is 10.1. The summed E-state index contributed by atoms with van der Waals surface area (Å²) >= 11 is 0. The monoisotopic (exact) mass is 396 g/mol. The summed E-state index contributed by atoms with van der Waals surface area (Å²) in [4.78, 5) is 20.4. The second kappa shape index (κ2) is 7.75. The van der Waals surface area contributed by atoms with E-state index in [1.807, 2.05) is 0 Å². The number of rotatable bonds is 1. The molecular weight excluding hydrogens is 380 g/mol. The van der Waals surface area contributed by atoms with Gasteiger partial charge < -0.3 is 9.64 Å². The minimum Gasteiger partial charge on any atom is -0.485 e. The Morgan fingerprint density at radius 3 is 2.68 bits per heavy atom. The van der Waals surface area contributed by atoms with E-state index in [-0.39, 0.29) is 24.8 Å². The first-order valence-corrected chi connectivity index (χ1v) is 8.10. The minimum absolute atomic E-state index is 0.0181. The smallest absolute Gasteiger partial charge is 0.262 e. The predicted octanol–water partition coefficient (Wildman–Crippen LogP) is 3.39. The first-order chi connectivity index (χ1) is 13.4. The van der Waals surface area contributed by atoms with Gasteiger partial charge in [0.25, 0.3) is 5.91 Å². The van der Waals surface area contributed by atoms with Crippen LogP contribution in [0.4, 0.5) is 28.9 Å². The van der Waals surface area contributed by atoms with Crippen LogP contribution in [-0.4, -0.2) is 43.9 Å². The van der Waals surface area contributed by atoms with Crippen molar-refractivity contribution in [3.8, 4) is 5.75 Å². The number of benzene rings is 1. The second-order valence-electron chi connectivity index (χ2n) is 5.85. The third kappa shape index (κ3) is 3.32. The number of anilines is 2. The van der Waals surface area contributed by atoms with Crippen LogP contribution in [0.25, 0.3) is 0 Å². The molecule has 148 valence electrons. The molecule has 0 spiro atoms. The van der Waals surface area contributed by atoms with Gasteiger partial charge in [0, 0.05) is 31.6 Å². The quantitative estimate of drug-likeness (QED) is 0.539. The van der Waals surface area contributed by atoms with Crippen molar-refractivity contribution in [3.63, 3.8) is 0 Å². The first-order valence-electron chi connectivity index (χ1n) is 8.10. The SMILES string of the molecule is C=C1COc2cc(F)c(N3C(=O)C=C(F)N4CC=CN=C43)cc2N1C.FCF. The predicted molar refractivity (Wildman–Crippen MR) is 96.5 cm³/mol. The van der Waals surface area contributed by atoms with Crippen molar-refractivity contribution in [1.82, 2.24) is 4.90 Å². The largest absolute Gasteiger partial charge is 0.485 e. The maximum absolute atomic E-state index is 14.7. The summed E-state index contributed by atoms with van der Waals surface area (Å²) in [5, 5.41) is 0. The third-order valence-electron chi connectivity index (χ3n) is 4.24. The summed E-state index contributed by atoms with van der Waals surface area (Å²) < 4.78 is 53.5. The Labute approximate surface area is 158 Å². The fourth-order valence-corrected chi connectivity index (χ4v) is 2.86. The molecule has 6 nitrogen and oxygen atoms in total. The fourth-order valence-electron chi connectivity index (χ4n) is 2.86. The maximum Gasteiger partial charge on any atom is 0.262 e. The van der Waals surface area contributed by atoms with E-state index in [1.165, 1.54) is 23.2 Å². The van der Waals surface area contributed by atoms with E-state index in [1.54, 1.807) is 18.0 Å². The molecular formula is C18H16F4N4O2. The molecule has 4 rings (SSSR count). The summed E-state index contributed by atoms with van der Waals surface area (Å²) in [7, 11) is 1.77. The van der Waals surface area contributed by atoms with Crippen LogP contribution in [0.3, 0.4) is 0 Å². The van der Waals surface area contributed by atoms with Crippen molar-refractivity contribution >= 4 is 23.2 Å². The van der Waals surface area contributed by atoms with Crippen LogP contribution in [0.15, 0.2) is 53.7 Å². The van der Waals surface area contributed by atoms with Gasteiger partial charge in [-0.25, -0.2) is 23.1 Å². The Morgan fingerprint density at radius 1 is 1.25 bits per heavy atom. The molecule has 28 heavy (non-hydrogen) atoms. The summed E-state index contributed by atoms with van der Waals surface area (Å²) in [6.45, 7) is 2.59. The van der Waals surface area contributed by atoms with Crippen LogP contribution in [0.1, 0.15) is 0 Å². The molecule has 3 aliphatic rings. The summed E-state index contributed by atoms with van der Waals surface area (Å²) in [6, 6.07) is 2.68. The zero-order valence-electron chi connectivity index (χ0n) is 14.8. The average Bonchev–Trinajstić information content (AvgIpc) is 2.66. The van der Waals surface area contributed by atoms with Crippen molar-refractivity contribution in [3.05, 3.63) is 54.5 Å². The molecule has 0 saturated heterocycles. The first kappa shape index (κ1) is 19.5.